The second kappa shape index (κ2) is 6.70. The van der Waals surface area contributed by atoms with Gasteiger partial charge in [0.15, 0.2) is 12.4 Å². The van der Waals surface area contributed by atoms with E-state index >= 15 is 0 Å². The van der Waals surface area contributed by atoms with Gasteiger partial charge in [0.2, 0.25) is 0 Å². The fraction of sp³-hybridized carbons (Fsp3) is 0.188. The van der Waals surface area contributed by atoms with Crippen molar-refractivity contribution in [2.24, 2.45) is 0 Å². The highest BCUT2D eigenvalue weighted by molar-refractivity contribution is 14.1. The summed E-state index contributed by atoms with van der Waals surface area (Å²) in [7, 11) is 0. The van der Waals surface area contributed by atoms with Crippen molar-refractivity contribution < 1.29 is 9.53 Å². The Bertz CT molecular complexity index is 544. The molecule has 0 radical (unpaired) electrons. The minimum Gasteiger partial charge on any atom is -0.485 e. The SMILES string of the molecule is CCc1ccc(OCC(=O)c2ccc(I)cc2)cc1. The van der Waals surface area contributed by atoms with Crippen molar-refractivity contribution in [2.45, 2.75) is 13.3 Å². The van der Waals surface area contributed by atoms with Crippen LogP contribution in [0.4, 0.5) is 0 Å². The minimum absolute atomic E-state index is 0.00373. The molecule has 0 aliphatic heterocycles. The van der Waals surface area contributed by atoms with Crippen LogP contribution < -0.4 is 4.74 Å². The van der Waals surface area contributed by atoms with E-state index in [-0.39, 0.29) is 12.4 Å². The van der Waals surface area contributed by atoms with Crippen molar-refractivity contribution in [1.29, 1.82) is 0 Å². The van der Waals surface area contributed by atoms with Crippen LogP contribution in [0, 0.1) is 3.57 Å². The van der Waals surface area contributed by atoms with E-state index in [1.165, 1.54) is 5.56 Å². The topological polar surface area (TPSA) is 26.3 Å². The summed E-state index contributed by atoms with van der Waals surface area (Å²) >= 11 is 2.21. The van der Waals surface area contributed by atoms with Gasteiger partial charge in [0.1, 0.15) is 5.75 Å². The number of hydrogen-bond acceptors (Lipinski definition) is 2. The van der Waals surface area contributed by atoms with Crippen LogP contribution >= 0.6 is 22.6 Å². The third-order valence-electron chi connectivity index (χ3n) is 2.87. The van der Waals surface area contributed by atoms with E-state index in [1.54, 1.807) is 0 Å². The van der Waals surface area contributed by atoms with Gasteiger partial charge in [0.25, 0.3) is 0 Å². The maximum Gasteiger partial charge on any atom is 0.200 e. The number of carbonyl (C=O) groups excluding carboxylic acids is 1. The van der Waals surface area contributed by atoms with E-state index in [0.717, 1.165) is 15.7 Å². The number of aryl methyl sites for hydroxylation is 1. The van der Waals surface area contributed by atoms with Gasteiger partial charge in [-0.15, -0.1) is 0 Å². The predicted molar refractivity (Wildman–Crippen MR) is 84.8 cm³/mol. The fourth-order valence-corrected chi connectivity index (χ4v) is 2.05. The molecule has 2 rings (SSSR count). The van der Waals surface area contributed by atoms with Crippen LogP contribution in [0.1, 0.15) is 22.8 Å². The minimum atomic E-state index is -0.00373. The summed E-state index contributed by atoms with van der Waals surface area (Å²) in [5.41, 5.74) is 1.95. The van der Waals surface area contributed by atoms with E-state index in [1.807, 2.05) is 48.5 Å². The average Bonchev–Trinajstić information content (AvgIpc) is 2.46. The number of hydrogen-bond donors (Lipinski definition) is 0. The van der Waals surface area contributed by atoms with Crippen LogP contribution in [0.2, 0.25) is 0 Å². The lowest BCUT2D eigenvalue weighted by Crippen LogP contribution is -2.11. The molecular weight excluding hydrogens is 351 g/mol. The zero-order valence-corrected chi connectivity index (χ0v) is 12.9. The number of halogens is 1. The summed E-state index contributed by atoms with van der Waals surface area (Å²) in [6, 6.07) is 15.3. The Morgan fingerprint density at radius 1 is 1.05 bits per heavy atom. The summed E-state index contributed by atoms with van der Waals surface area (Å²) in [4.78, 5) is 11.9. The lowest BCUT2D eigenvalue weighted by Gasteiger charge is -2.06. The molecule has 0 heterocycles. The zero-order chi connectivity index (χ0) is 13.7. The van der Waals surface area contributed by atoms with Crippen molar-refractivity contribution in [3.8, 4) is 5.75 Å². The molecule has 2 aromatic carbocycles. The molecule has 0 atom stereocenters. The van der Waals surface area contributed by atoms with E-state index in [4.69, 9.17) is 4.74 Å². The summed E-state index contributed by atoms with van der Waals surface area (Å²) in [6.45, 7) is 2.18. The highest BCUT2D eigenvalue weighted by atomic mass is 127. The van der Waals surface area contributed by atoms with Crippen LogP contribution in [0.25, 0.3) is 0 Å². The molecule has 0 saturated carbocycles. The van der Waals surface area contributed by atoms with Crippen molar-refractivity contribution in [1.82, 2.24) is 0 Å². The molecule has 0 fully saturated rings. The van der Waals surface area contributed by atoms with Crippen molar-refractivity contribution in [3.05, 3.63) is 63.2 Å². The lowest BCUT2D eigenvalue weighted by molar-refractivity contribution is 0.0921. The molecule has 0 aliphatic rings. The zero-order valence-electron chi connectivity index (χ0n) is 10.7. The van der Waals surface area contributed by atoms with Crippen LogP contribution in [0.3, 0.4) is 0 Å². The van der Waals surface area contributed by atoms with Gasteiger partial charge in [-0.25, -0.2) is 0 Å². The molecule has 2 aromatic rings. The smallest absolute Gasteiger partial charge is 0.200 e. The van der Waals surface area contributed by atoms with Gasteiger partial charge in [-0.05, 0) is 58.8 Å². The molecule has 0 unspecified atom stereocenters. The predicted octanol–water partition coefficient (Wildman–Crippen LogP) is 4.12. The van der Waals surface area contributed by atoms with Gasteiger partial charge in [0.05, 0.1) is 0 Å². The standard InChI is InChI=1S/C16H15IO2/c1-2-12-3-9-15(10-4-12)19-11-16(18)13-5-7-14(17)8-6-13/h3-10H,2,11H2,1H3. The van der Waals surface area contributed by atoms with Gasteiger partial charge in [-0.3, -0.25) is 4.79 Å². The number of carbonyl (C=O) groups is 1. The molecule has 0 amide bonds. The number of ether oxygens (including phenoxy) is 1. The maximum atomic E-state index is 11.9. The highest BCUT2D eigenvalue weighted by Gasteiger charge is 2.06. The van der Waals surface area contributed by atoms with Crippen molar-refractivity contribution in [2.75, 3.05) is 6.61 Å². The summed E-state index contributed by atoms with van der Waals surface area (Å²) < 4.78 is 6.62. The van der Waals surface area contributed by atoms with Crippen molar-refractivity contribution >= 4 is 28.4 Å². The molecule has 0 bridgehead atoms. The van der Waals surface area contributed by atoms with E-state index in [2.05, 4.69) is 29.5 Å². The molecule has 0 saturated heterocycles. The molecule has 3 heteroatoms. The Balaban J connectivity index is 1.94. The second-order valence-electron chi connectivity index (χ2n) is 4.22. The van der Waals surface area contributed by atoms with E-state index in [0.29, 0.717) is 5.56 Å². The Kier molecular flexibility index (Phi) is 4.96. The van der Waals surface area contributed by atoms with Gasteiger partial charge in [-0.2, -0.15) is 0 Å². The van der Waals surface area contributed by atoms with Crippen molar-refractivity contribution in [3.63, 3.8) is 0 Å². The maximum absolute atomic E-state index is 11.9. The molecule has 2 nitrogen and oxygen atoms in total. The molecule has 0 aromatic heterocycles. The monoisotopic (exact) mass is 366 g/mol. The third kappa shape index (κ3) is 4.06. The first kappa shape index (κ1) is 14.1. The normalized spacial score (nSPS) is 10.2. The van der Waals surface area contributed by atoms with Gasteiger partial charge >= 0.3 is 0 Å². The number of Topliss-reactive ketones (excluding diaryl/α,β-unsaturated/α-hetero) is 1. The Hall–Kier alpha value is -1.36. The molecular formula is C16H15IO2. The average molecular weight is 366 g/mol. The van der Waals surface area contributed by atoms with E-state index < -0.39 is 0 Å². The van der Waals surface area contributed by atoms with Crippen LogP contribution in [-0.2, 0) is 6.42 Å². The number of rotatable bonds is 5. The summed E-state index contributed by atoms with van der Waals surface area (Å²) in [5.74, 6) is 0.729. The molecule has 19 heavy (non-hydrogen) atoms. The highest BCUT2D eigenvalue weighted by Crippen LogP contribution is 2.13. The first-order valence-corrected chi connectivity index (χ1v) is 7.27. The Labute approximate surface area is 126 Å². The van der Waals surface area contributed by atoms with Crippen LogP contribution in [-0.4, -0.2) is 12.4 Å². The Morgan fingerprint density at radius 2 is 1.68 bits per heavy atom. The summed E-state index contributed by atoms with van der Waals surface area (Å²) in [5, 5.41) is 0. The molecule has 0 N–H and O–H groups in total. The summed E-state index contributed by atoms with van der Waals surface area (Å²) in [6.07, 6.45) is 1.00. The van der Waals surface area contributed by atoms with Gasteiger partial charge in [-0.1, -0.05) is 31.2 Å². The number of benzene rings is 2. The first-order chi connectivity index (χ1) is 9.19. The second-order valence-corrected chi connectivity index (χ2v) is 5.46. The Morgan fingerprint density at radius 3 is 2.26 bits per heavy atom. The van der Waals surface area contributed by atoms with Crippen LogP contribution in [0.15, 0.2) is 48.5 Å². The van der Waals surface area contributed by atoms with E-state index in [9.17, 15) is 4.79 Å². The fourth-order valence-electron chi connectivity index (χ4n) is 1.69. The van der Waals surface area contributed by atoms with Gasteiger partial charge in [0, 0.05) is 9.13 Å². The largest absolute Gasteiger partial charge is 0.485 e. The molecule has 0 aliphatic carbocycles. The van der Waals surface area contributed by atoms with Crippen LogP contribution in [0.5, 0.6) is 5.75 Å². The van der Waals surface area contributed by atoms with Gasteiger partial charge < -0.3 is 4.74 Å². The third-order valence-corrected chi connectivity index (χ3v) is 3.59. The quantitative estimate of drug-likeness (QED) is 0.588. The first-order valence-electron chi connectivity index (χ1n) is 6.19. The lowest BCUT2D eigenvalue weighted by atomic mass is 10.1. The number of ketones is 1. The molecule has 98 valence electrons. The molecule has 0 spiro atoms.